The van der Waals surface area contributed by atoms with Gasteiger partial charge in [-0.3, -0.25) is 0 Å². The summed E-state index contributed by atoms with van der Waals surface area (Å²) in [5.74, 6) is 0.946. The smallest absolute Gasteiger partial charge is 0.119 e. The third-order valence-corrected chi connectivity index (χ3v) is 3.15. The van der Waals surface area contributed by atoms with Crippen molar-refractivity contribution in [2.75, 3.05) is 7.11 Å². The van der Waals surface area contributed by atoms with E-state index in [-0.39, 0.29) is 0 Å². The van der Waals surface area contributed by atoms with E-state index in [2.05, 4.69) is 51.1 Å². The van der Waals surface area contributed by atoms with Gasteiger partial charge in [0.05, 0.1) is 7.11 Å². The molecule has 0 radical (unpaired) electrons. The number of ether oxygens (including phenoxy) is 1. The SMILES string of the molecule is COc1cccc(CC/C=C(\C)CCC=C(C)C)c1. The third kappa shape index (κ3) is 6.85. The van der Waals surface area contributed by atoms with Gasteiger partial charge in [-0.05, 0) is 64.2 Å². The molecule has 0 atom stereocenters. The average molecular weight is 258 g/mol. The predicted octanol–water partition coefficient (Wildman–Crippen LogP) is 5.32. The minimum atomic E-state index is 0.946. The Bertz CT molecular complexity index is 437. The largest absolute Gasteiger partial charge is 0.497 e. The number of rotatable bonds is 7. The highest BCUT2D eigenvalue weighted by Gasteiger charge is 1.95. The summed E-state index contributed by atoms with van der Waals surface area (Å²) >= 11 is 0. The van der Waals surface area contributed by atoms with Crippen molar-refractivity contribution in [2.45, 2.75) is 46.5 Å². The topological polar surface area (TPSA) is 9.23 Å². The summed E-state index contributed by atoms with van der Waals surface area (Å²) in [5.41, 5.74) is 4.23. The first-order chi connectivity index (χ1) is 9.11. The Balaban J connectivity index is 2.37. The van der Waals surface area contributed by atoms with Crippen molar-refractivity contribution in [3.63, 3.8) is 0 Å². The molecule has 0 aromatic heterocycles. The number of hydrogen-bond donors (Lipinski definition) is 0. The predicted molar refractivity (Wildman–Crippen MR) is 83.7 cm³/mol. The molecule has 0 N–H and O–H groups in total. The van der Waals surface area contributed by atoms with Gasteiger partial charge >= 0.3 is 0 Å². The van der Waals surface area contributed by atoms with E-state index in [1.807, 2.05) is 6.07 Å². The molecule has 1 aromatic rings. The van der Waals surface area contributed by atoms with Gasteiger partial charge in [0.25, 0.3) is 0 Å². The maximum absolute atomic E-state index is 5.24. The Morgan fingerprint density at radius 2 is 1.89 bits per heavy atom. The van der Waals surface area contributed by atoms with Crippen molar-refractivity contribution in [1.82, 2.24) is 0 Å². The zero-order valence-corrected chi connectivity index (χ0v) is 12.7. The van der Waals surface area contributed by atoms with E-state index >= 15 is 0 Å². The number of aryl methyl sites for hydroxylation is 1. The molecule has 1 rings (SSSR count). The first-order valence-electron chi connectivity index (χ1n) is 7.03. The molecule has 0 aliphatic carbocycles. The van der Waals surface area contributed by atoms with E-state index in [0.29, 0.717) is 0 Å². The molecule has 1 heteroatoms. The highest BCUT2D eigenvalue weighted by atomic mass is 16.5. The molecule has 0 saturated carbocycles. The van der Waals surface area contributed by atoms with Gasteiger partial charge in [0.1, 0.15) is 5.75 Å². The normalized spacial score (nSPS) is 11.3. The highest BCUT2D eigenvalue weighted by Crippen LogP contribution is 2.15. The molecule has 0 amide bonds. The summed E-state index contributed by atoms with van der Waals surface area (Å²) in [4.78, 5) is 0. The molecule has 0 fully saturated rings. The van der Waals surface area contributed by atoms with Gasteiger partial charge in [-0.15, -0.1) is 0 Å². The second-order valence-electron chi connectivity index (χ2n) is 5.26. The molecule has 104 valence electrons. The van der Waals surface area contributed by atoms with E-state index < -0.39 is 0 Å². The van der Waals surface area contributed by atoms with E-state index in [1.165, 1.54) is 23.1 Å². The lowest BCUT2D eigenvalue weighted by atomic mass is 10.1. The zero-order valence-electron chi connectivity index (χ0n) is 12.7. The van der Waals surface area contributed by atoms with Gasteiger partial charge in [0, 0.05) is 0 Å². The fourth-order valence-corrected chi connectivity index (χ4v) is 2.00. The second kappa shape index (κ2) is 8.58. The van der Waals surface area contributed by atoms with Crippen LogP contribution in [-0.4, -0.2) is 7.11 Å². The number of benzene rings is 1. The van der Waals surface area contributed by atoms with E-state index in [9.17, 15) is 0 Å². The lowest BCUT2D eigenvalue weighted by Crippen LogP contribution is -1.87. The molecule has 0 aliphatic heterocycles. The molecule has 0 spiro atoms. The summed E-state index contributed by atoms with van der Waals surface area (Å²) in [6.45, 7) is 6.54. The zero-order chi connectivity index (χ0) is 14.1. The minimum Gasteiger partial charge on any atom is -0.497 e. The Kier molecular flexibility index (Phi) is 7.02. The number of allylic oxidation sites excluding steroid dienone is 4. The van der Waals surface area contributed by atoms with Crippen molar-refractivity contribution in [3.05, 3.63) is 53.1 Å². The van der Waals surface area contributed by atoms with Crippen LogP contribution in [0.4, 0.5) is 0 Å². The lowest BCUT2D eigenvalue weighted by molar-refractivity contribution is 0.414. The molecule has 1 aromatic carbocycles. The van der Waals surface area contributed by atoms with Crippen LogP contribution in [0.3, 0.4) is 0 Å². The van der Waals surface area contributed by atoms with Crippen molar-refractivity contribution in [3.8, 4) is 5.75 Å². The van der Waals surface area contributed by atoms with Crippen LogP contribution in [0.25, 0.3) is 0 Å². The van der Waals surface area contributed by atoms with Crippen LogP contribution in [-0.2, 0) is 6.42 Å². The monoisotopic (exact) mass is 258 g/mol. The first kappa shape index (κ1) is 15.6. The van der Waals surface area contributed by atoms with Crippen molar-refractivity contribution in [1.29, 1.82) is 0 Å². The standard InChI is InChI=1S/C18H26O/c1-15(2)8-5-9-16(3)10-6-11-17-12-7-13-18(14-17)19-4/h7-8,10,12-14H,5-6,9,11H2,1-4H3/b16-10+. The maximum atomic E-state index is 5.24. The Morgan fingerprint density at radius 3 is 2.58 bits per heavy atom. The van der Waals surface area contributed by atoms with Crippen LogP contribution < -0.4 is 4.74 Å². The third-order valence-electron chi connectivity index (χ3n) is 3.15. The maximum Gasteiger partial charge on any atom is 0.119 e. The van der Waals surface area contributed by atoms with E-state index in [1.54, 1.807) is 7.11 Å². The molecule has 0 saturated heterocycles. The molecule has 0 aliphatic rings. The van der Waals surface area contributed by atoms with Crippen LogP contribution in [0.2, 0.25) is 0 Å². The summed E-state index contributed by atoms with van der Waals surface area (Å²) in [6.07, 6.45) is 9.18. The Hall–Kier alpha value is -1.50. The van der Waals surface area contributed by atoms with Crippen molar-refractivity contribution in [2.24, 2.45) is 0 Å². The van der Waals surface area contributed by atoms with Crippen LogP contribution in [0.15, 0.2) is 47.6 Å². The average Bonchev–Trinajstić information content (AvgIpc) is 2.38. The number of methoxy groups -OCH3 is 1. The molecule has 0 heterocycles. The lowest BCUT2D eigenvalue weighted by Gasteiger charge is -2.03. The molecule has 0 unspecified atom stereocenters. The summed E-state index contributed by atoms with van der Waals surface area (Å²) in [7, 11) is 1.71. The summed E-state index contributed by atoms with van der Waals surface area (Å²) < 4.78 is 5.24. The van der Waals surface area contributed by atoms with Crippen molar-refractivity contribution >= 4 is 0 Å². The number of hydrogen-bond acceptors (Lipinski definition) is 1. The second-order valence-corrected chi connectivity index (χ2v) is 5.26. The van der Waals surface area contributed by atoms with Crippen LogP contribution >= 0.6 is 0 Å². The van der Waals surface area contributed by atoms with Crippen molar-refractivity contribution < 1.29 is 4.74 Å². The molecule has 19 heavy (non-hydrogen) atoms. The van der Waals surface area contributed by atoms with Gasteiger partial charge in [-0.25, -0.2) is 0 Å². The molecular formula is C18H26O. The van der Waals surface area contributed by atoms with Crippen LogP contribution in [0.1, 0.15) is 45.6 Å². The fourth-order valence-electron chi connectivity index (χ4n) is 2.00. The van der Waals surface area contributed by atoms with Gasteiger partial charge < -0.3 is 4.74 Å². The fraction of sp³-hybridized carbons (Fsp3) is 0.444. The van der Waals surface area contributed by atoms with Crippen LogP contribution in [0.5, 0.6) is 5.75 Å². The van der Waals surface area contributed by atoms with E-state index in [4.69, 9.17) is 4.74 Å². The summed E-state index contributed by atoms with van der Waals surface area (Å²) in [5, 5.41) is 0. The molecule has 0 bridgehead atoms. The first-order valence-corrected chi connectivity index (χ1v) is 7.03. The van der Waals surface area contributed by atoms with Gasteiger partial charge in [-0.1, -0.05) is 35.4 Å². The minimum absolute atomic E-state index is 0.946. The van der Waals surface area contributed by atoms with E-state index in [0.717, 1.165) is 25.0 Å². The van der Waals surface area contributed by atoms with Gasteiger partial charge in [0.2, 0.25) is 0 Å². The Labute approximate surface area is 118 Å². The quantitative estimate of drug-likeness (QED) is 0.601. The van der Waals surface area contributed by atoms with Crippen LogP contribution in [0, 0.1) is 0 Å². The highest BCUT2D eigenvalue weighted by molar-refractivity contribution is 5.28. The molecular weight excluding hydrogens is 232 g/mol. The molecule has 1 nitrogen and oxygen atoms in total. The Morgan fingerprint density at radius 1 is 1.11 bits per heavy atom. The van der Waals surface area contributed by atoms with Gasteiger partial charge in [-0.2, -0.15) is 0 Å². The van der Waals surface area contributed by atoms with Gasteiger partial charge in [0.15, 0.2) is 0 Å². The summed E-state index contributed by atoms with van der Waals surface area (Å²) in [6, 6.07) is 8.32.